The van der Waals surface area contributed by atoms with E-state index in [1.54, 1.807) is 111 Å². The van der Waals surface area contributed by atoms with Gasteiger partial charge in [0.05, 0.1) is 38.4 Å². The van der Waals surface area contributed by atoms with Crippen LogP contribution in [-0.2, 0) is 69.9 Å². The molecule has 1 N–H and O–H groups in total. The summed E-state index contributed by atoms with van der Waals surface area (Å²) < 4.78 is 51.0. The second kappa shape index (κ2) is 27.3. The number of hydrogen-bond donors (Lipinski definition) is 1. The first-order valence-corrected chi connectivity index (χ1v) is 27.5. The summed E-state index contributed by atoms with van der Waals surface area (Å²) in [7, 11) is 0. The number of amides is 4. The Labute approximate surface area is 476 Å². The van der Waals surface area contributed by atoms with E-state index in [0.29, 0.717) is 22.6 Å². The summed E-state index contributed by atoms with van der Waals surface area (Å²) in [6.45, 7) is 25.8. The number of ether oxygens (including phenoxy) is 9. The van der Waals surface area contributed by atoms with Gasteiger partial charge in [0, 0.05) is 11.8 Å². The maximum Gasteiger partial charge on any atom is 0.420 e. The Kier molecular flexibility index (Phi) is 21.9. The van der Waals surface area contributed by atoms with Crippen molar-refractivity contribution in [3.8, 4) is 0 Å². The molecule has 6 rings (SSSR count). The molecule has 444 valence electrons. The van der Waals surface area contributed by atoms with Gasteiger partial charge in [0.2, 0.25) is 0 Å². The second-order valence-electron chi connectivity index (χ2n) is 24.8. The summed E-state index contributed by atoms with van der Waals surface area (Å²) in [6.07, 6.45) is -7.12. The lowest BCUT2D eigenvalue weighted by Crippen LogP contribution is -2.54. The van der Waals surface area contributed by atoms with Gasteiger partial charge in [-0.25, -0.2) is 28.8 Å². The molecule has 0 unspecified atom stereocenters. The van der Waals surface area contributed by atoms with Crippen LogP contribution >= 0.6 is 0 Å². The lowest BCUT2D eigenvalue weighted by molar-refractivity contribution is -0.174. The summed E-state index contributed by atoms with van der Waals surface area (Å²) in [5.74, 6) is -3.53. The van der Waals surface area contributed by atoms with Crippen LogP contribution in [0, 0.1) is 17.8 Å². The van der Waals surface area contributed by atoms with Crippen molar-refractivity contribution in [3.63, 3.8) is 0 Å². The molecule has 19 heteroatoms. The van der Waals surface area contributed by atoms with Crippen LogP contribution in [0.3, 0.4) is 0 Å². The molecule has 2 heterocycles. The third kappa shape index (κ3) is 19.1. The topological polar surface area (TPSA) is 229 Å². The first kappa shape index (κ1) is 65.0. The highest BCUT2D eigenvalue weighted by atomic mass is 16.6. The smallest absolute Gasteiger partial charge is 0.420 e. The minimum Gasteiger partial charge on any atom is -0.458 e. The van der Waals surface area contributed by atoms with Crippen LogP contribution in [-0.4, -0.2) is 143 Å². The molecule has 0 bridgehead atoms. The number of esters is 3. The van der Waals surface area contributed by atoms with Crippen molar-refractivity contribution in [1.82, 2.24) is 9.80 Å². The number of nitrogens with zero attached hydrogens (tertiary/aromatic N) is 2. The van der Waals surface area contributed by atoms with E-state index in [9.17, 15) is 38.7 Å². The number of cyclic esters (lactones) is 2. The number of hydrogen-bond acceptors (Lipinski definition) is 17. The molecule has 19 nitrogen and oxygen atoms in total. The quantitative estimate of drug-likeness (QED) is 0.128. The van der Waals surface area contributed by atoms with Crippen molar-refractivity contribution < 1.29 is 81.3 Å². The van der Waals surface area contributed by atoms with Gasteiger partial charge in [-0.2, -0.15) is 9.80 Å². The molecule has 0 saturated carbocycles. The summed E-state index contributed by atoms with van der Waals surface area (Å²) >= 11 is 0. The predicted octanol–water partition coefficient (Wildman–Crippen LogP) is 10.9. The fourth-order valence-corrected chi connectivity index (χ4v) is 9.00. The molecule has 81 heavy (non-hydrogen) atoms. The van der Waals surface area contributed by atoms with Gasteiger partial charge in [-0.3, -0.25) is 4.79 Å². The third-order valence-corrected chi connectivity index (χ3v) is 12.7. The lowest BCUT2D eigenvalue weighted by Gasteiger charge is -2.33. The van der Waals surface area contributed by atoms with Crippen LogP contribution in [0.25, 0.3) is 21.5 Å². The van der Waals surface area contributed by atoms with E-state index in [-0.39, 0.29) is 26.4 Å². The van der Waals surface area contributed by atoms with Crippen LogP contribution in [0.4, 0.5) is 19.2 Å². The number of carbonyl (C=O) groups is 7. The highest BCUT2D eigenvalue weighted by Crippen LogP contribution is 2.31. The number of aliphatic hydroxyl groups is 1. The minimum absolute atomic E-state index is 0.0488. The van der Waals surface area contributed by atoms with Gasteiger partial charge in [-0.15, -0.1) is 0 Å². The lowest BCUT2D eigenvalue weighted by atomic mass is 9.89. The van der Waals surface area contributed by atoms with E-state index < -0.39 is 119 Å². The molecule has 2 aliphatic rings. The maximum absolute atomic E-state index is 13.6. The molecule has 4 aromatic rings. The molecule has 0 aliphatic carbocycles. The molecule has 0 spiro atoms. The predicted molar refractivity (Wildman–Crippen MR) is 302 cm³/mol. The molecule has 8 atom stereocenters. The Morgan fingerprint density at radius 3 is 1.25 bits per heavy atom. The van der Waals surface area contributed by atoms with Gasteiger partial charge in [-0.05, 0) is 142 Å². The molecular weight excluding hydrogens is 1040 g/mol. The van der Waals surface area contributed by atoms with Gasteiger partial charge >= 0.3 is 42.3 Å². The van der Waals surface area contributed by atoms with Crippen LogP contribution < -0.4 is 0 Å². The molecular formula is C62H84N2O17. The normalized spacial score (nSPS) is 22.3. The Hall–Kier alpha value is -6.83. The van der Waals surface area contributed by atoms with E-state index >= 15 is 0 Å². The Bertz CT molecular complexity index is 2770. The van der Waals surface area contributed by atoms with E-state index in [0.717, 1.165) is 32.7 Å². The third-order valence-electron chi connectivity index (χ3n) is 12.7. The number of imide groups is 2. The molecule has 2 aliphatic heterocycles. The fourth-order valence-electron chi connectivity index (χ4n) is 9.00. The monoisotopic (exact) mass is 1130 g/mol. The Morgan fingerprint density at radius 2 is 0.864 bits per heavy atom. The average Bonchev–Trinajstić information content (AvgIpc) is 3.58. The van der Waals surface area contributed by atoms with Crippen LogP contribution in [0.5, 0.6) is 0 Å². The van der Waals surface area contributed by atoms with Gasteiger partial charge in [0.1, 0.15) is 40.7 Å². The number of fused-ring (bicyclic) bond motifs is 2. The largest absolute Gasteiger partial charge is 0.458 e. The van der Waals surface area contributed by atoms with Crippen molar-refractivity contribution in [2.75, 3.05) is 26.4 Å². The van der Waals surface area contributed by atoms with E-state index in [4.69, 9.17) is 42.6 Å². The first-order valence-electron chi connectivity index (χ1n) is 27.5. The van der Waals surface area contributed by atoms with Crippen molar-refractivity contribution in [2.45, 2.75) is 183 Å². The Balaban J connectivity index is 0.000000300. The van der Waals surface area contributed by atoms with Crippen molar-refractivity contribution >= 4 is 63.8 Å². The molecule has 0 radical (unpaired) electrons. The van der Waals surface area contributed by atoms with E-state index in [1.165, 1.54) is 0 Å². The number of rotatable bonds is 8. The zero-order valence-electron chi connectivity index (χ0n) is 49.9. The summed E-state index contributed by atoms with van der Waals surface area (Å²) in [6, 6.07) is 24.9. The molecule has 0 aromatic heterocycles. The summed E-state index contributed by atoms with van der Waals surface area (Å²) in [4.78, 5) is 93.6. The highest BCUT2D eigenvalue weighted by Gasteiger charge is 2.46. The zero-order valence-corrected chi connectivity index (χ0v) is 49.9. The van der Waals surface area contributed by atoms with Gasteiger partial charge in [0.15, 0.2) is 12.1 Å². The van der Waals surface area contributed by atoms with Crippen molar-refractivity contribution in [3.05, 3.63) is 96.1 Å². The van der Waals surface area contributed by atoms with Gasteiger partial charge in [-0.1, -0.05) is 98.8 Å². The molecule has 4 amide bonds. The zero-order chi connectivity index (χ0) is 60.4. The van der Waals surface area contributed by atoms with Gasteiger partial charge < -0.3 is 47.7 Å². The van der Waals surface area contributed by atoms with E-state index in [2.05, 4.69) is 0 Å². The van der Waals surface area contributed by atoms with Crippen LogP contribution in [0.1, 0.15) is 122 Å². The van der Waals surface area contributed by atoms with Gasteiger partial charge in [0.25, 0.3) is 0 Å². The second-order valence-corrected chi connectivity index (χ2v) is 24.8. The SMILES string of the molecule is CC(C)C(=O)O[C@@H]1[C@@H](Cc2cccc3ccccc23)COC[C@H](N(C(=O)OC(C)(C)C)C(=O)OC(C)(C)C)C(=O)O[C@H]1C.C[C@@H]1OC(=O)[C@@H](N(C(=O)OC(C)(C)C)C(=O)OC(C)(C)C)COC[C@H](Cc2cccc3ccccc23)[C@H]1O. The summed E-state index contributed by atoms with van der Waals surface area (Å²) in [5, 5.41) is 15.4. The maximum atomic E-state index is 13.6. The fraction of sp³-hybridized carbons (Fsp3) is 0.565. The number of carbonyl (C=O) groups excluding carboxylic acids is 7. The van der Waals surface area contributed by atoms with Crippen LogP contribution in [0.2, 0.25) is 0 Å². The number of benzene rings is 4. The minimum atomic E-state index is -1.51. The van der Waals surface area contributed by atoms with Crippen molar-refractivity contribution in [2.24, 2.45) is 17.8 Å². The molecule has 2 fully saturated rings. The molecule has 4 aromatic carbocycles. The standard InChI is InChI=1S/C33H45NO9.C29H39NO8/c1-20(2)28(35)41-27-21(3)40-29(36)26(34(30(37)42-32(4,5)6)31(38)43-33(7,8)9)19-39-18-24(27)17-23-15-12-14-22-13-10-11-16-25(22)23;1-18-24(31)21(15-20-13-10-12-19-11-8-9-14-22(19)20)16-35-17-23(25(32)36-18)30(26(33)37-28(2,3)4)27(34)38-29(5,6)7/h10-16,20-21,24,26-27H,17-19H2,1-9H3;8-14,18,21,23-24,31H,15-17H2,1-7H3/t21-,24-,26-,27-;18-,21-,23-,24-/m00/s1. The summed E-state index contributed by atoms with van der Waals surface area (Å²) in [5.41, 5.74) is -1.77. The Morgan fingerprint density at radius 1 is 0.519 bits per heavy atom. The van der Waals surface area contributed by atoms with Crippen molar-refractivity contribution in [1.29, 1.82) is 0 Å². The van der Waals surface area contributed by atoms with E-state index in [1.807, 2.05) is 84.9 Å². The number of aliphatic hydroxyl groups excluding tert-OH is 1. The first-order chi connectivity index (χ1) is 37.6. The van der Waals surface area contributed by atoms with Crippen LogP contribution in [0.15, 0.2) is 84.9 Å². The average molecular weight is 1130 g/mol. The molecule has 2 saturated heterocycles. The highest BCUT2D eigenvalue weighted by molar-refractivity contribution is 5.95.